The van der Waals surface area contributed by atoms with Crippen molar-refractivity contribution in [3.63, 3.8) is 0 Å². The number of hydrogen-bond acceptors (Lipinski definition) is 9. The largest absolute Gasteiger partial charge is 0.481 e. The van der Waals surface area contributed by atoms with Gasteiger partial charge in [-0.25, -0.2) is 4.79 Å². The molecule has 0 unspecified atom stereocenters. The molecule has 1 aliphatic heterocycles. The van der Waals surface area contributed by atoms with E-state index in [1.807, 2.05) is 0 Å². The van der Waals surface area contributed by atoms with E-state index < -0.39 is 65.9 Å². The Bertz CT molecular complexity index is 1540. The quantitative estimate of drug-likeness (QED) is 0.0433. The van der Waals surface area contributed by atoms with Crippen LogP contribution in [0.4, 0.5) is 0 Å². The molecule has 16 nitrogen and oxygen atoms in total. The summed E-state index contributed by atoms with van der Waals surface area (Å²) in [7, 11) is 0. The summed E-state index contributed by atoms with van der Waals surface area (Å²) in [6.45, 7) is 0.0682. The lowest BCUT2D eigenvalue weighted by Crippen LogP contribution is -2.50. The third-order valence-corrected chi connectivity index (χ3v) is 7.87. The molecule has 258 valence electrons. The number of carbonyl (C=O) groups is 7. The van der Waals surface area contributed by atoms with E-state index in [1.165, 1.54) is 0 Å². The zero-order chi connectivity index (χ0) is 35.4. The highest BCUT2D eigenvalue weighted by molar-refractivity contribution is 6.25. The molecule has 0 spiro atoms. The molecule has 3 rings (SSSR count). The topological polar surface area (TPSA) is 278 Å². The first-order chi connectivity index (χ1) is 22.8. The Morgan fingerprint density at radius 1 is 0.792 bits per heavy atom. The summed E-state index contributed by atoms with van der Waals surface area (Å²) in [5, 5.41) is 24.4. The van der Waals surface area contributed by atoms with Crippen molar-refractivity contribution in [1.82, 2.24) is 15.5 Å². The Balaban J connectivity index is 1.66. The van der Waals surface area contributed by atoms with Crippen LogP contribution in [0.2, 0.25) is 0 Å². The Labute approximate surface area is 276 Å². The molecule has 10 N–H and O–H groups in total. The van der Waals surface area contributed by atoms with Crippen LogP contribution in [-0.2, 0) is 24.0 Å². The molecular formula is C32H41N7O9. The summed E-state index contributed by atoms with van der Waals surface area (Å²) < 4.78 is 0. The Morgan fingerprint density at radius 2 is 1.44 bits per heavy atom. The number of carbonyl (C=O) groups excluding carboxylic acids is 5. The molecule has 0 fully saturated rings. The van der Waals surface area contributed by atoms with Crippen LogP contribution >= 0.6 is 0 Å². The summed E-state index contributed by atoms with van der Waals surface area (Å²) >= 11 is 0. The number of carboxylic acids is 2. The van der Waals surface area contributed by atoms with Crippen LogP contribution in [0.5, 0.6) is 0 Å². The monoisotopic (exact) mass is 667 g/mol. The second kappa shape index (κ2) is 17.5. The predicted molar refractivity (Wildman–Crippen MR) is 174 cm³/mol. The van der Waals surface area contributed by atoms with Crippen molar-refractivity contribution in [2.75, 3.05) is 13.1 Å². The standard InChI is InChI=1S/C32H41N7O9/c33-21(10-5-16-36-32(34)35)28(44)38-22(24(40)12-2-1-11-23(31(47)48)37-25(41)13-14-26(42)43)15-17-39-29(45)19-8-3-6-18-7-4-9-20(27(18)19)30(39)46/h3-4,6-9,21-23H,1-2,5,10-17,33H2,(H,37,41)(H,38,44)(H,42,43)(H,47,48)(H4,34,35,36)/t21-,22+,23+/m0/s1. The number of guanidine groups is 1. The predicted octanol–water partition coefficient (Wildman–Crippen LogP) is 0.255. The number of nitrogens with one attached hydrogen (secondary N) is 2. The van der Waals surface area contributed by atoms with Gasteiger partial charge >= 0.3 is 11.9 Å². The maximum absolute atomic E-state index is 13.4. The first kappa shape index (κ1) is 37.1. The number of imide groups is 1. The molecule has 0 saturated carbocycles. The van der Waals surface area contributed by atoms with E-state index in [4.69, 9.17) is 22.3 Å². The highest BCUT2D eigenvalue weighted by atomic mass is 16.4. The van der Waals surface area contributed by atoms with Gasteiger partial charge in [0.25, 0.3) is 11.8 Å². The van der Waals surface area contributed by atoms with Gasteiger partial charge in [0.05, 0.1) is 18.5 Å². The average Bonchev–Trinajstić information content (AvgIpc) is 3.04. The van der Waals surface area contributed by atoms with Gasteiger partial charge in [-0.3, -0.25) is 38.7 Å². The van der Waals surface area contributed by atoms with E-state index in [0.29, 0.717) is 22.9 Å². The number of nitrogens with zero attached hydrogens (tertiary/aromatic N) is 2. The number of amides is 4. The minimum absolute atomic E-state index is 0.0269. The van der Waals surface area contributed by atoms with E-state index in [2.05, 4.69) is 15.6 Å². The second-order valence-corrected chi connectivity index (χ2v) is 11.4. The molecule has 0 radical (unpaired) electrons. The lowest BCUT2D eigenvalue weighted by atomic mass is 9.93. The average molecular weight is 668 g/mol. The van der Waals surface area contributed by atoms with Crippen molar-refractivity contribution in [3.8, 4) is 0 Å². The molecule has 0 bridgehead atoms. The number of nitrogens with two attached hydrogens (primary N) is 3. The van der Waals surface area contributed by atoms with Crippen LogP contribution in [0.15, 0.2) is 41.4 Å². The van der Waals surface area contributed by atoms with Gasteiger partial charge in [0.1, 0.15) is 6.04 Å². The first-order valence-corrected chi connectivity index (χ1v) is 15.6. The van der Waals surface area contributed by atoms with Crippen molar-refractivity contribution in [2.45, 2.75) is 75.9 Å². The maximum atomic E-state index is 13.4. The fourth-order valence-corrected chi connectivity index (χ4v) is 5.35. The van der Waals surface area contributed by atoms with Crippen molar-refractivity contribution >= 4 is 58.1 Å². The molecular weight excluding hydrogens is 626 g/mol. The summed E-state index contributed by atoms with van der Waals surface area (Å²) in [6.07, 6.45) is -0.0350. The van der Waals surface area contributed by atoms with Crippen LogP contribution in [0.3, 0.4) is 0 Å². The molecule has 2 aromatic rings. The Morgan fingerprint density at radius 3 is 2.02 bits per heavy atom. The number of Topliss-reactive ketones (excluding diaryl/α,β-unsaturated/α-hetero) is 1. The molecule has 48 heavy (non-hydrogen) atoms. The fraction of sp³-hybridized carbons (Fsp3) is 0.438. The summed E-state index contributed by atoms with van der Waals surface area (Å²) in [4.78, 5) is 92.2. The molecule has 2 aromatic carbocycles. The minimum Gasteiger partial charge on any atom is -0.481 e. The second-order valence-electron chi connectivity index (χ2n) is 11.4. The molecule has 1 aliphatic rings. The summed E-state index contributed by atoms with van der Waals surface area (Å²) in [5.41, 5.74) is 17.4. The van der Waals surface area contributed by atoms with Gasteiger partial charge < -0.3 is 38.0 Å². The van der Waals surface area contributed by atoms with E-state index in [9.17, 15) is 38.7 Å². The van der Waals surface area contributed by atoms with Crippen LogP contribution in [0.1, 0.15) is 78.5 Å². The number of aliphatic imine (C=N–C) groups is 1. The van der Waals surface area contributed by atoms with Crippen molar-refractivity contribution in [1.29, 1.82) is 0 Å². The van der Waals surface area contributed by atoms with Gasteiger partial charge in [-0.1, -0.05) is 30.7 Å². The minimum atomic E-state index is -1.31. The molecule has 16 heteroatoms. The van der Waals surface area contributed by atoms with Gasteiger partial charge in [-0.05, 0) is 49.6 Å². The van der Waals surface area contributed by atoms with Gasteiger partial charge in [0.15, 0.2) is 11.7 Å². The fourth-order valence-electron chi connectivity index (χ4n) is 5.35. The number of carboxylic acid groups (broad SMARTS) is 2. The molecule has 0 aromatic heterocycles. The van der Waals surface area contributed by atoms with Crippen LogP contribution in [0, 0.1) is 0 Å². The highest BCUT2D eigenvalue weighted by Crippen LogP contribution is 2.30. The Hall–Kier alpha value is -5.38. The summed E-state index contributed by atoms with van der Waals surface area (Å²) in [6, 6.07) is 6.87. The van der Waals surface area contributed by atoms with Gasteiger partial charge in [0.2, 0.25) is 11.8 Å². The molecule has 0 aliphatic carbocycles. The lowest BCUT2D eigenvalue weighted by Gasteiger charge is -2.29. The molecule has 3 atom stereocenters. The third-order valence-electron chi connectivity index (χ3n) is 7.87. The third kappa shape index (κ3) is 10.3. The zero-order valence-electron chi connectivity index (χ0n) is 26.4. The van der Waals surface area contributed by atoms with E-state index in [1.54, 1.807) is 36.4 Å². The van der Waals surface area contributed by atoms with E-state index in [-0.39, 0.29) is 64.0 Å². The van der Waals surface area contributed by atoms with Gasteiger partial charge in [0, 0.05) is 42.4 Å². The van der Waals surface area contributed by atoms with Crippen LogP contribution in [-0.4, -0.2) is 93.6 Å². The normalized spacial score (nSPS) is 14.1. The Kier molecular flexibility index (Phi) is 13.5. The van der Waals surface area contributed by atoms with E-state index in [0.717, 1.165) is 10.3 Å². The molecule has 0 saturated heterocycles. The summed E-state index contributed by atoms with van der Waals surface area (Å²) in [5.74, 6) is -5.43. The lowest BCUT2D eigenvalue weighted by molar-refractivity contribution is -0.142. The number of hydrogen-bond donors (Lipinski definition) is 7. The number of benzene rings is 2. The molecule has 4 amide bonds. The first-order valence-electron chi connectivity index (χ1n) is 15.6. The van der Waals surface area contributed by atoms with Gasteiger partial charge in [-0.15, -0.1) is 0 Å². The SMILES string of the molecule is NC(N)=NCCC[C@H](N)C(=O)N[C@H](CCN1C(=O)c2cccc3cccc(c23)C1=O)C(=O)CCCC[C@@H](NC(=O)CCC(=O)O)C(=O)O. The number of rotatable bonds is 20. The van der Waals surface area contributed by atoms with Crippen LogP contribution in [0.25, 0.3) is 10.8 Å². The maximum Gasteiger partial charge on any atom is 0.326 e. The number of aliphatic carboxylic acids is 2. The van der Waals surface area contributed by atoms with Gasteiger partial charge in [-0.2, -0.15) is 0 Å². The number of unbranched alkanes of at least 4 members (excludes halogenated alkanes) is 1. The van der Waals surface area contributed by atoms with Crippen molar-refractivity contribution in [2.24, 2.45) is 22.2 Å². The van der Waals surface area contributed by atoms with Crippen molar-refractivity contribution in [3.05, 3.63) is 47.5 Å². The number of ketones is 1. The molecule has 1 heterocycles. The van der Waals surface area contributed by atoms with Crippen molar-refractivity contribution < 1.29 is 43.8 Å². The zero-order valence-corrected chi connectivity index (χ0v) is 26.4. The smallest absolute Gasteiger partial charge is 0.326 e. The van der Waals surface area contributed by atoms with Crippen LogP contribution < -0.4 is 27.8 Å². The van der Waals surface area contributed by atoms with E-state index >= 15 is 0 Å². The highest BCUT2D eigenvalue weighted by Gasteiger charge is 2.34.